The maximum absolute atomic E-state index is 14.2. The van der Waals surface area contributed by atoms with Gasteiger partial charge in [0, 0.05) is 12.1 Å². The van der Waals surface area contributed by atoms with E-state index in [0.29, 0.717) is 22.2 Å². The predicted molar refractivity (Wildman–Crippen MR) is 96.1 cm³/mol. The van der Waals surface area contributed by atoms with Gasteiger partial charge in [0.25, 0.3) is 0 Å². The number of urea groups is 1. The van der Waals surface area contributed by atoms with Crippen LogP contribution < -0.4 is 5.06 Å². The molecule has 0 saturated heterocycles. The number of carbonyl (C=O) groups is 1. The van der Waals surface area contributed by atoms with Crippen LogP contribution in [0.1, 0.15) is 20.3 Å². The lowest BCUT2D eigenvalue weighted by Gasteiger charge is -2.24. The van der Waals surface area contributed by atoms with E-state index in [0.717, 1.165) is 5.56 Å². The summed E-state index contributed by atoms with van der Waals surface area (Å²) in [7, 11) is 0. The largest absolute Gasteiger partial charge is 0.429 e. The first-order valence-corrected chi connectivity index (χ1v) is 8.56. The van der Waals surface area contributed by atoms with Crippen molar-refractivity contribution in [3.05, 3.63) is 60.3 Å². The first-order valence-electron chi connectivity index (χ1n) is 8.56. The van der Waals surface area contributed by atoms with E-state index >= 15 is 0 Å². The van der Waals surface area contributed by atoms with Gasteiger partial charge in [-0.05, 0) is 31.4 Å². The summed E-state index contributed by atoms with van der Waals surface area (Å²) >= 11 is 0. The highest BCUT2D eigenvalue weighted by Gasteiger charge is 2.30. The number of nitrogens with zero attached hydrogens (tertiary/aromatic N) is 3. The van der Waals surface area contributed by atoms with Gasteiger partial charge in [-0.1, -0.05) is 42.3 Å². The van der Waals surface area contributed by atoms with Crippen LogP contribution in [0.3, 0.4) is 0 Å². The highest BCUT2D eigenvalue weighted by Crippen LogP contribution is 2.29. The number of allylic oxidation sites excluding steroid dienone is 3. The number of rotatable bonds is 5. The van der Waals surface area contributed by atoms with Gasteiger partial charge in [-0.3, -0.25) is 5.21 Å². The minimum Gasteiger partial charge on any atom is -0.429 e. The van der Waals surface area contributed by atoms with Gasteiger partial charge >= 0.3 is 12.0 Å². The second-order valence-corrected chi connectivity index (χ2v) is 6.06. The minimum absolute atomic E-state index is 0.000647. The van der Waals surface area contributed by atoms with Crippen LogP contribution in [0.2, 0.25) is 0 Å². The average Bonchev–Trinajstić information content (AvgIpc) is 3.17. The second-order valence-electron chi connectivity index (χ2n) is 6.06. The van der Waals surface area contributed by atoms with E-state index in [1.54, 1.807) is 6.92 Å². The fourth-order valence-electron chi connectivity index (χ4n) is 2.47. The van der Waals surface area contributed by atoms with E-state index in [2.05, 4.69) is 4.98 Å². The molecule has 0 spiro atoms. The van der Waals surface area contributed by atoms with Gasteiger partial charge in [0.2, 0.25) is 0 Å². The summed E-state index contributed by atoms with van der Waals surface area (Å²) in [6, 6.07) is 8.01. The molecule has 1 aliphatic rings. The molecule has 7 nitrogen and oxygen atoms in total. The first-order chi connectivity index (χ1) is 13.0. The first kappa shape index (κ1) is 18.7. The zero-order valence-electron chi connectivity index (χ0n) is 15.0. The molecule has 0 saturated carbocycles. The summed E-state index contributed by atoms with van der Waals surface area (Å²) < 4.78 is 19.6. The summed E-state index contributed by atoms with van der Waals surface area (Å²) in [5.41, 5.74) is 1.24. The van der Waals surface area contributed by atoms with Crippen LogP contribution in [0.15, 0.2) is 64.8 Å². The molecule has 0 unspecified atom stereocenters. The van der Waals surface area contributed by atoms with Crippen molar-refractivity contribution in [3.63, 3.8) is 0 Å². The number of oxazole rings is 1. The number of aromatic nitrogens is 1. The Balaban J connectivity index is 1.90. The average molecular weight is 373 g/mol. The van der Waals surface area contributed by atoms with E-state index in [9.17, 15) is 14.4 Å². The third kappa shape index (κ3) is 4.17. The second kappa shape index (κ2) is 8.05. The Hall–Kier alpha value is -3.13. The highest BCUT2D eigenvalue weighted by atomic mass is 19.1. The van der Waals surface area contributed by atoms with Gasteiger partial charge in [0.15, 0.2) is 11.6 Å². The van der Waals surface area contributed by atoms with Gasteiger partial charge in [0.1, 0.15) is 12.0 Å². The maximum Gasteiger partial charge on any atom is 0.385 e. The fourth-order valence-corrected chi connectivity index (χ4v) is 2.47. The van der Waals surface area contributed by atoms with E-state index < -0.39 is 11.9 Å². The Kier molecular flexibility index (Phi) is 5.56. The molecular formula is C19H20FN3O4. The molecule has 1 heterocycles. The predicted octanol–water partition coefficient (Wildman–Crippen LogP) is 4.69. The normalized spacial score (nSPS) is 16.4. The number of benzene rings is 1. The van der Waals surface area contributed by atoms with Crippen LogP contribution in [-0.2, 0) is 4.84 Å². The van der Waals surface area contributed by atoms with Crippen molar-refractivity contribution in [1.29, 1.82) is 0 Å². The molecule has 8 heteroatoms. The summed E-state index contributed by atoms with van der Waals surface area (Å²) in [5.74, 6) is -0.703. The van der Waals surface area contributed by atoms with Crippen LogP contribution in [0.5, 0.6) is 0 Å². The van der Waals surface area contributed by atoms with Crippen molar-refractivity contribution in [1.82, 2.24) is 10.0 Å². The number of hydrogen-bond acceptors (Lipinski definition) is 5. The SMILES string of the molecule is CCN(O)C(=O)N(OC1=CC[C@@H](C)C=C1F)c1nc(-c2ccccc2)co1. The topological polar surface area (TPSA) is 79.0 Å². The van der Waals surface area contributed by atoms with E-state index in [-0.39, 0.29) is 24.2 Å². The van der Waals surface area contributed by atoms with E-state index in [4.69, 9.17) is 9.25 Å². The van der Waals surface area contributed by atoms with Crippen molar-refractivity contribution in [2.75, 3.05) is 11.6 Å². The van der Waals surface area contributed by atoms with Crippen LogP contribution >= 0.6 is 0 Å². The Morgan fingerprint density at radius 2 is 2.15 bits per heavy atom. The summed E-state index contributed by atoms with van der Waals surface area (Å²) in [5, 5.41) is 10.8. The number of anilines is 1. The quantitative estimate of drug-likeness (QED) is 0.608. The number of hydroxylamine groups is 3. The molecule has 0 bridgehead atoms. The number of hydrogen-bond donors (Lipinski definition) is 1. The van der Waals surface area contributed by atoms with Gasteiger partial charge in [-0.2, -0.15) is 4.98 Å². The maximum atomic E-state index is 14.2. The Labute approximate surface area is 155 Å². The lowest BCUT2D eigenvalue weighted by Crippen LogP contribution is -2.41. The van der Waals surface area contributed by atoms with Crippen LogP contribution in [-0.4, -0.2) is 27.8 Å². The third-order valence-electron chi connectivity index (χ3n) is 3.96. The van der Waals surface area contributed by atoms with E-state index in [1.807, 2.05) is 37.3 Å². The summed E-state index contributed by atoms with van der Waals surface area (Å²) in [4.78, 5) is 22.1. The van der Waals surface area contributed by atoms with Crippen LogP contribution in [0.4, 0.5) is 15.2 Å². The molecule has 1 atom stereocenters. The van der Waals surface area contributed by atoms with Gasteiger partial charge in [-0.25, -0.2) is 14.2 Å². The molecule has 1 N–H and O–H groups in total. The molecule has 142 valence electrons. The highest BCUT2D eigenvalue weighted by molar-refractivity contribution is 5.87. The smallest absolute Gasteiger partial charge is 0.385 e. The number of amides is 2. The molecular weight excluding hydrogens is 353 g/mol. The molecule has 0 aliphatic heterocycles. The summed E-state index contributed by atoms with van der Waals surface area (Å²) in [6.45, 7) is 3.44. The van der Waals surface area contributed by atoms with Crippen molar-refractivity contribution < 1.29 is 23.6 Å². The molecule has 2 aromatic rings. The Morgan fingerprint density at radius 1 is 1.41 bits per heavy atom. The molecule has 1 aliphatic carbocycles. The van der Waals surface area contributed by atoms with Gasteiger partial charge in [0.05, 0.1) is 0 Å². The lowest BCUT2D eigenvalue weighted by atomic mass is 10.0. The fraction of sp³-hybridized carbons (Fsp3) is 0.263. The molecule has 0 radical (unpaired) electrons. The molecule has 27 heavy (non-hydrogen) atoms. The van der Waals surface area contributed by atoms with Gasteiger partial charge < -0.3 is 9.25 Å². The zero-order chi connectivity index (χ0) is 19.4. The summed E-state index contributed by atoms with van der Waals surface area (Å²) in [6.07, 6.45) is 4.85. The molecule has 3 rings (SSSR count). The van der Waals surface area contributed by atoms with Crippen LogP contribution in [0.25, 0.3) is 11.3 Å². The van der Waals surface area contributed by atoms with E-state index in [1.165, 1.54) is 18.4 Å². The molecule has 2 amide bonds. The zero-order valence-corrected chi connectivity index (χ0v) is 15.0. The molecule has 1 aromatic heterocycles. The minimum atomic E-state index is -0.953. The van der Waals surface area contributed by atoms with Crippen LogP contribution in [0, 0.1) is 5.92 Å². The molecule has 1 aromatic carbocycles. The monoisotopic (exact) mass is 373 g/mol. The standard InChI is InChI=1S/C19H20FN3O4/c1-3-22(25)19(24)23(27-17-10-9-13(2)11-15(17)20)18-21-16(12-26-18)14-7-5-4-6-8-14/h4-8,10-13,25H,3,9H2,1-2H3/t13-/m1/s1. The van der Waals surface area contributed by atoms with Crippen molar-refractivity contribution >= 4 is 12.0 Å². The molecule has 0 fully saturated rings. The van der Waals surface area contributed by atoms with Crippen molar-refractivity contribution in [2.24, 2.45) is 5.92 Å². The van der Waals surface area contributed by atoms with Crippen molar-refractivity contribution in [2.45, 2.75) is 20.3 Å². The number of halogens is 1. The van der Waals surface area contributed by atoms with Gasteiger partial charge in [-0.15, -0.1) is 0 Å². The van der Waals surface area contributed by atoms with Crippen molar-refractivity contribution in [3.8, 4) is 11.3 Å². The Bertz CT molecular complexity index is 863. The number of carbonyl (C=O) groups excluding carboxylic acids is 1. The lowest BCUT2D eigenvalue weighted by molar-refractivity contribution is -0.0455. The Morgan fingerprint density at radius 3 is 2.81 bits per heavy atom. The third-order valence-corrected chi connectivity index (χ3v) is 3.96.